The van der Waals surface area contributed by atoms with Gasteiger partial charge in [-0.3, -0.25) is 4.79 Å². The number of carbonyl (C=O) groups excluding carboxylic acids is 1. The molecule has 0 aliphatic rings. The summed E-state index contributed by atoms with van der Waals surface area (Å²) in [6.45, 7) is 4.59. The van der Waals surface area contributed by atoms with Gasteiger partial charge in [-0.2, -0.15) is 0 Å². The molecule has 2 atom stereocenters. The number of anilines is 1. The fourth-order valence-corrected chi connectivity index (χ4v) is 3.14. The molecule has 0 spiro atoms. The maximum atomic E-state index is 12.7. The van der Waals surface area contributed by atoms with Gasteiger partial charge in [0.1, 0.15) is 12.3 Å². The molecule has 0 bridgehead atoms. The van der Waals surface area contributed by atoms with Gasteiger partial charge in [0.2, 0.25) is 0 Å². The Labute approximate surface area is 171 Å². The summed E-state index contributed by atoms with van der Waals surface area (Å²) in [6, 6.07) is 8.82. The number of ether oxygens (including phenoxy) is 3. The smallest absolute Gasteiger partial charge is 0.282 e. The summed E-state index contributed by atoms with van der Waals surface area (Å²) in [4.78, 5) is 13.7. The number of quaternary nitrogens is 1. The highest BCUT2D eigenvalue weighted by atomic mass is 35.5. The lowest BCUT2D eigenvalue weighted by molar-refractivity contribution is -0.907. The molecule has 2 rings (SSSR count). The number of hydrogen-bond donors (Lipinski definition) is 2. The minimum atomic E-state index is -0.270. The monoisotopic (exact) mass is 407 g/mol. The Kier molecular flexibility index (Phi) is 7.54. The second-order valence-corrected chi connectivity index (χ2v) is 7.12. The van der Waals surface area contributed by atoms with E-state index in [1.165, 1.54) is 0 Å². The van der Waals surface area contributed by atoms with Crippen LogP contribution in [0.15, 0.2) is 30.3 Å². The average Bonchev–Trinajstić information content (AvgIpc) is 2.68. The van der Waals surface area contributed by atoms with E-state index in [9.17, 15) is 4.79 Å². The SMILES string of the molecule is COc1ccc(NC(=O)[C@@H](C)[NH+](C)Cc2cc(OC)c(OC)cc2C)cc1Cl. The minimum absolute atomic E-state index is 0.0862. The fourth-order valence-electron chi connectivity index (χ4n) is 2.89. The second kappa shape index (κ2) is 9.66. The molecule has 28 heavy (non-hydrogen) atoms. The van der Waals surface area contributed by atoms with Crippen LogP contribution in [0.25, 0.3) is 0 Å². The Morgan fingerprint density at radius 1 is 1.07 bits per heavy atom. The third-order valence-corrected chi connectivity index (χ3v) is 5.16. The molecular weight excluding hydrogens is 380 g/mol. The normalized spacial score (nSPS) is 12.8. The average molecular weight is 408 g/mol. The van der Waals surface area contributed by atoms with Crippen LogP contribution in [0.5, 0.6) is 17.2 Å². The highest BCUT2D eigenvalue weighted by molar-refractivity contribution is 6.32. The standard InChI is InChI=1S/C21H27ClN2O4/c1-13-9-19(27-5)20(28-6)10-15(13)12-24(3)14(2)21(25)23-16-7-8-18(26-4)17(22)11-16/h7-11,14H,12H2,1-6H3,(H,23,25)/p+1/t14-/m1/s1. The number of amides is 1. The summed E-state index contributed by atoms with van der Waals surface area (Å²) in [5.74, 6) is 1.86. The molecule has 2 aromatic rings. The molecule has 6 nitrogen and oxygen atoms in total. The molecule has 0 saturated carbocycles. The van der Waals surface area contributed by atoms with Crippen molar-refractivity contribution in [1.82, 2.24) is 0 Å². The highest BCUT2D eigenvalue weighted by Gasteiger charge is 2.23. The number of carbonyl (C=O) groups is 1. The maximum absolute atomic E-state index is 12.7. The Balaban J connectivity index is 2.08. The number of hydrogen-bond acceptors (Lipinski definition) is 4. The largest absolute Gasteiger partial charge is 0.495 e. The van der Waals surface area contributed by atoms with E-state index in [-0.39, 0.29) is 11.9 Å². The van der Waals surface area contributed by atoms with E-state index in [1.807, 2.05) is 33.0 Å². The Morgan fingerprint density at radius 2 is 1.68 bits per heavy atom. The van der Waals surface area contributed by atoms with E-state index >= 15 is 0 Å². The Morgan fingerprint density at radius 3 is 2.25 bits per heavy atom. The summed E-state index contributed by atoms with van der Waals surface area (Å²) in [5, 5.41) is 3.36. The van der Waals surface area contributed by atoms with Crippen LogP contribution < -0.4 is 24.4 Å². The number of methoxy groups -OCH3 is 3. The van der Waals surface area contributed by atoms with Crippen molar-refractivity contribution in [2.45, 2.75) is 26.4 Å². The molecule has 0 aromatic heterocycles. The summed E-state index contributed by atoms with van der Waals surface area (Å²) >= 11 is 6.13. The van der Waals surface area contributed by atoms with Crippen LogP contribution in [-0.2, 0) is 11.3 Å². The molecular formula is C21H28ClN2O4+. The molecule has 1 unspecified atom stereocenters. The number of halogens is 1. The van der Waals surface area contributed by atoms with Gasteiger partial charge in [-0.05, 0) is 49.7 Å². The van der Waals surface area contributed by atoms with Crippen molar-refractivity contribution in [3.8, 4) is 17.2 Å². The summed E-state index contributed by atoms with van der Waals surface area (Å²) < 4.78 is 15.9. The molecule has 0 aliphatic heterocycles. The summed E-state index contributed by atoms with van der Waals surface area (Å²) in [6.07, 6.45) is 0. The van der Waals surface area contributed by atoms with Gasteiger partial charge in [-0.15, -0.1) is 0 Å². The first-order chi connectivity index (χ1) is 13.3. The molecule has 7 heteroatoms. The molecule has 0 heterocycles. The topological polar surface area (TPSA) is 61.2 Å². The van der Waals surface area contributed by atoms with Crippen molar-refractivity contribution in [1.29, 1.82) is 0 Å². The molecule has 0 fully saturated rings. The molecule has 2 N–H and O–H groups in total. The first-order valence-corrected chi connectivity index (χ1v) is 9.36. The Bertz CT molecular complexity index is 841. The van der Waals surface area contributed by atoms with Crippen LogP contribution in [0.3, 0.4) is 0 Å². The quantitative estimate of drug-likeness (QED) is 0.706. The first kappa shape index (κ1) is 21.9. The molecule has 0 aliphatic carbocycles. The molecule has 152 valence electrons. The van der Waals surface area contributed by atoms with E-state index in [4.69, 9.17) is 25.8 Å². The van der Waals surface area contributed by atoms with Crippen LogP contribution in [0.2, 0.25) is 5.02 Å². The number of nitrogens with one attached hydrogen (secondary N) is 2. The van der Waals surface area contributed by atoms with Gasteiger partial charge in [-0.25, -0.2) is 0 Å². The van der Waals surface area contributed by atoms with Gasteiger partial charge >= 0.3 is 0 Å². The van der Waals surface area contributed by atoms with Gasteiger partial charge in [0.05, 0.1) is 33.4 Å². The van der Waals surface area contributed by atoms with Crippen LogP contribution in [0.4, 0.5) is 5.69 Å². The van der Waals surface area contributed by atoms with Crippen molar-refractivity contribution >= 4 is 23.2 Å². The van der Waals surface area contributed by atoms with E-state index < -0.39 is 0 Å². The van der Waals surface area contributed by atoms with E-state index in [0.717, 1.165) is 16.0 Å². The lowest BCUT2D eigenvalue weighted by Gasteiger charge is -2.22. The predicted molar refractivity (Wildman–Crippen MR) is 111 cm³/mol. The van der Waals surface area contributed by atoms with Crippen molar-refractivity contribution in [3.63, 3.8) is 0 Å². The van der Waals surface area contributed by atoms with Crippen LogP contribution in [0.1, 0.15) is 18.1 Å². The van der Waals surface area contributed by atoms with Crippen molar-refractivity contribution in [2.24, 2.45) is 0 Å². The van der Waals surface area contributed by atoms with Crippen LogP contribution in [0, 0.1) is 6.92 Å². The van der Waals surface area contributed by atoms with E-state index in [2.05, 4.69) is 5.32 Å². The minimum Gasteiger partial charge on any atom is -0.495 e. The van der Waals surface area contributed by atoms with Crippen molar-refractivity contribution < 1.29 is 23.9 Å². The summed E-state index contributed by atoms with van der Waals surface area (Å²) in [7, 11) is 6.77. The van der Waals surface area contributed by atoms with Crippen molar-refractivity contribution in [2.75, 3.05) is 33.7 Å². The van der Waals surface area contributed by atoms with Gasteiger partial charge in [-0.1, -0.05) is 11.6 Å². The molecule has 2 aromatic carbocycles. The van der Waals surface area contributed by atoms with E-state index in [0.29, 0.717) is 34.5 Å². The highest BCUT2D eigenvalue weighted by Crippen LogP contribution is 2.30. The van der Waals surface area contributed by atoms with Gasteiger partial charge < -0.3 is 24.4 Å². The molecule has 1 amide bonds. The predicted octanol–water partition coefficient (Wildman–Crippen LogP) is 2.72. The second-order valence-electron chi connectivity index (χ2n) is 6.72. The zero-order chi connectivity index (χ0) is 20.8. The zero-order valence-corrected chi connectivity index (χ0v) is 17.9. The molecule has 0 saturated heterocycles. The molecule has 0 radical (unpaired) electrons. The van der Waals surface area contributed by atoms with Crippen LogP contribution >= 0.6 is 11.6 Å². The third kappa shape index (κ3) is 5.09. The number of rotatable bonds is 8. The Hall–Kier alpha value is -2.44. The number of likely N-dealkylation sites (N-methyl/N-ethyl adjacent to an activating group) is 1. The van der Waals surface area contributed by atoms with Crippen LogP contribution in [-0.4, -0.2) is 40.3 Å². The first-order valence-electron chi connectivity index (χ1n) is 8.98. The lowest BCUT2D eigenvalue weighted by atomic mass is 10.1. The van der Waals surface area contributed by atoms with Gasteiger partial charge in [0.25, 0.3) is 5.91 Å². The number of aryl methyl sites for hydroxylation is 1. The zero-order valence-electron chi connectivity index (χ0n) is 17.2. The van der Waals surface area contributed by atoms with Gasteiger partial charge in [0, 0.05) is 11.3 Å². The van der Waals surface area contributed by atoms with Crippen molar-refractivity contribution in [3.05, 3.63) is 46.5 Å². The number of benzene rings is 2. The fraction of sp³-hybridized carbons (Fsp3) is 0.381. The maximum Gasteiger partial charge on any atom is 0.282 e. The van der Waals surface area contributed by atoms with E-state index in [1.54, 1.807) is 39.5 Å². The van der Waals surface area contributed by atoms with Gasteiger partial charge in [0.15, 0.2) is 17.5 Å². The lowest BCUT2D eigenvalue weighted by Crippen LogP contribution is -3.12. The third-order valence-electron chi connectivity index (χ3n) is 4.86. The summed E-state index contributed by atoms with van der Waals surface area (Å²) in [5.41, 5.74) is 2.83.